The molecule has 9 heteroatoms. The Hall–Kier alpha value is -3.01. The van der Waals surface area contributed by atoms with Crippen LogP contribution in [0.25, 0.3) is 0 Å². The summed E-state index contributed by atoms with van der Waals surface area (Å²) in [5.74, 6) is -2.42. The van der Waals surface area contributed by atoms with Gasteiger partial charge in [0.1, 0.15) is 11.3 Å². The van der Waals surface area contributed by atoms with Crippen LogP contribution in [-0.2, 0) is 9.47 Å². The molecule has 2 N–H and O–H groups in total. The van der Waals surface area contributed by atoms with Gasteiger partial charge in [0.25, 0.3) is 11.6 Å². The Morgan fingerprint density at radius 3 is 2.76 bits per heavy atom. The van der Waals surface area contributed by atoms with Crippen LogP contribution in [0.1, 0.15) is 18.4 Å². The number of ether oxygens (including phenoxy) is 2. The van der Waals surface area contributed by atoms with Gasteiger partial charge in [-0.2, -0.15) is 10.5 Å². The van der Waals surface area contributed by atoms with E-state index >= 15 is 0 Å². The molecule has 9 nitrogen and oxygen atoms in total. The summed E-state index contributed by atoms with van der Waals surface area (Å²) in [5, 5.41) is 30.9. The van der Waals surface area contributed by atoms with E-state index in [1.165, 1.54) is 18.2 Å². The zero-order valence-corrected chi connectivity index (χ0v) is 13.2. The molecule has 0 aromatic heterocycles. The minimum atomic E-state index is -1.66. The third-order valence-corrected chi connectivity index (χ3v) is 5.22. The first-order valence-corrected chi connectivity index (χ1v) is 7.63. The highest BCUT2D eigenvalue weighted by molar-refractivity contribution is 6.00. The maximum atomic E-state index is 11.1. The van der Waals surface area contributed by atoms with E-state index in [0.717, 1.165) is 0 Å². The number of aliphatic imine (C=N–C) groups is 1. The second kappa shape index (κ2) is 4.54. The Bertz CT molecular complexity index is 918. The molecular formula is C16H13N5O4. The molecular weight excluding hydrogens is 326 g/mol. The first-order chi connectivity index (χ1) is 11.9. The minimum absolute atomic E-state index is 0.0397. The molecule has 2 heterocycles. The van der Waals surface area contributed by atoms with Crippen molar-refractivity contribution in [3.8, 4) is 12.1 Å². The fourth-order valence-electron chi connectivity index (χ4n) is 4.18. The molecule has 0 bridgehead atoms. The highest BCUT2D eigenvalue weighted by Gasteiger charge is 2.94. The third-order valence-electron chi connectivity index (χ3n) is 5.22. The predicted octanol–water partition coefficient (Wildman–Crippen LogP) is 1.17. The van der Waals surface area contributed by atoms with E-state index < -0.39 is 27.6 Å². The van der Waals surface area contributed by atoms with E-state index in [4.69, 9.17) is 15.2 Å². The number of nitro benzene ring substituents is 1. The summed E-state index contributed by atoms with van der Waals surface area (Å²) in [5.41, 5.74) is 3.46. The number of fused-ring (bicyclic) bond motifs is 2. The fourth-order valence-corrected chi connectivity index (χ4v) is 4.18. The van der Waals surface area contributed by atoms with E-state index in [0.29, 0.717) is 5.56 Å². The van der Waals surface area contributed by atoms with Crippen molar-refractivity contribution in [3.63, 3.8) is 0 Å². The number of nitrogens with two attached hydrogens (primary N) is 1. The molecule has 4 rings (SSSR count). The minimum Gasteiger partial charge on any atom is -0.386 e. The number of hydrogen-bond donors (Lipinski definition) is 1. The molecule has 0 unspecified atom stereocenters. The molecule has 1 spiro atoms. The molecule has 1 aromatic rings. The number of hydrogen-bond acceptors (Lipinski definition) is 8. The van der Waals surface area contributed by atoms with Crippen LogP contribution in [0.3, 0.4) is 0 Å². The van der Waals surface area contributed by atoms with Crippen molar-refractivity contribution in [3.05, 3.63) is 39.9 Å². The lowest BCUT2D eigenvalue weighted by Crippen LogP contribution is -2.39. The van der Waals surface area contributed by atoms with E-state index in [-0.39, 0.29) is 24.2 Å². The van der Waals surface area contributed by atoms with Crippen LogP contribution in [0, 0.1) is 43.6 Å². The van der Waals surface area contributed by atoms with E-state index in [2.05, 4.69) is 17.1 Å². The molecule has 1 saturated heterocycles. The van der Waals surface area contributed by atoms with Gasteiger partial charge in [-0.1, -0.05) is 12.1 Å². The van der Waals surface area contributed by atoms with Gasteiger partial charge in [-0.3, -0.25) is 10.1 Å². The monoisotopic (exact) mass is 339 g/mol. The Morgan fingerprint density at radius 2 is 2.20 bits per heavy atom. The molecule has 1 aliphatic carbocycles. The molecule has 3 aliphatic rings. The van der Waals surface area contributed by atoms with Gasteiger partial charge in [-0.15, -0.1) is 0 Å². The number of nitro groups is 1. The first-order valence-electron chi connectivity index (χ1n) is 7.63. The van der Waals surface area contributed by atoms with Crippen LogP contribution in [0.2, 0.25) is 0 Å². The second-order valence-electron chi connectivity index (χ2n) is 6.44. The average molecular weight is 339 g/mol. The molecule has 1 aromatic carbocycles. The van der Waals surface area contributed by atoms with Crippen molar-refractivity contribution in [1.82, 2.24) is 0 Å². The van der Waals surface area contributed by atoms with E-state index in [9.17, 15) is 20.6 Å². The largest absolute Gasteiger partial charge is 0.386 e. The smallest absolute Gasteiger partial charge is 0.293 e. The summed E-state index contributed by atoms with van der Waals surface area (Å²) in [6.07, 6.45) is -0.317. The van der Waals surface area contributed by atoms with Gasteiger partial charge in [-0.05, 0) is 12.5 Å². The van der Waals surface area contributed by atoms with Crippen molar-refractivity contribution in [2.45, 2.75) is 24.9 Å². The number of rotatable bonds is 2. The van der Waals surface area contributed by atoms with Gasteiger partial charge >= 0.3 is 0 Å². The van der Waals surface area contributed by atoms with Crippen LogP contribution in [-0.4, -0.2) is 29.4 Å². The molecule has 2 fully saturated rings. The number of nitriles is 2. The topological polar surface area (TPSA) is 148 Å². The van der Waals surface area contributed by atoms with Crippen LogP contribution in [0.15, 0.2) is 29.3 Å². The number of benzene rings is 1. The summed E-state index contributed by atoms with van der Waals surface area (Å²) in [6, 6.07) is 10.1. The van der Waals surface area contributed by atoms with Gasteiger partial charge in [0, 0.05) is 18.1 Å². The van der Waals surface area contributed by atoms with Gasteiger partial charge in [-0.25, -0.2) is 4.99 Å². The number of amidine groups is 1. The zero-order chi connectivity index (χ0) is 18.0. The lowest BCUT2D eigenvalue weighted by Gasteiger charge is -2.26. The van der Waals surface area contributed by atoms with Crippen LogP contribution in [0.4, 0.5) is 5.69 Å². The maximum absolute atomic E-state index is 11.1. The molecule has 0 radical (unpaired) electrons. The number of non-ortho nitro benzene ring substituents is 1. The Balaban J connectivity index is 1.90. The van der Waals surface area contributed by atoms with E-state index in [1.54, 1.807) is 13.0 Å². The van der Waals surface area contributed by atoms with Crippen LogP contribution >= 0.6 is 0 Å². The van der Waals surface area contributed by atoms with Crippen molar-refractivity contribution >= 4 is 11.5 Å². The quantitative estimate of drug-likeness (QED) is 0.628. The van der Waals surface area contributed by atoms with Gasteiger partial charge in [0.15, 0.2) is 5.41 Å². The van der Waals surface area contributed by atoms with Crippen LogP contribution < -0.4 is 5.73 Å². The second-order valence-corrected chi connectivity index (χ2v) is 6.44. The normalized spacial score (nSPS) is 40.8. The van der Waals surface area contributed by atoms with E-state index in [1.807, 2.05) is 0 Å². The number of nitrogens with zero attached hydrogens (tertiary/aromatic N) is 4. The highest BCUT2D eigenvalue weighted by Crippen LogP contribution is 2.82. The third kappa shape index (κ3) is 1.50. The molecule has 2 aliphatic heterocycles. The Kier molecular flexibility index (Phi) is 2.82. The average Bonchev–Trinajstić information content (AvgIpc) is 2.99. The Labute approximate surface area is 142 Å². The first kappa shape index (κ1) is 15.5. The molecule has 5 atom stereocenters. The summed E-state index contributed by atoms with van der Waals surface area (Å²) < 4.78 is 11.5. The molecule has 1 saturated carbocycles. The standard InChI is InChI=1S/C16H13N5O4/c1-9-6-24-16(25-9)15(8-18)12(14(15,7-17)13(19)20-16)10-3-2-4-11(5-10)21(22)23/h2-5,9,12H,6H2,1H3,(H2,19,20)/t9-,12+,14+,15+,16-/m0/s1. The SMILES string of the molecule is C[C@H]1CO[C@]2(N=C(N)[C@@]3(C#N)[C@@H](c4cccc([N+](=O)[O-])c4)[C@@]23C#N)O1. The summed E-state index contributed by atoms with van der Waals surface area (Å²) in [6.45, 7) is 1.98. The van der Waals surface area contributed by atoms with Gasteiger partial charge in [0.2, 0.25) is 0 Å². The fraction of sp³-hybridized carbons (Fsp3) is 0.438. The van der Waals surface area contributed by atoms with Crippen molar-refractivity contribution < 1.29 is 14.4 Å². The summed E-state index contributed by atoms with van der Waals surface area (Å²) >= 11 is 0. The van der Waals surface area contributed by atoms with Crippen molar-refractivity contribution in [2.24, 2.45) is 21.6 Å². The summed E-state index contributed by atoms with van der Waals surface area (Å²) in [7, 11) is 0. The van der Waals surface area contributed by atoms with Crippen LogP contribution in [0.5, 0.6) is 0 Å². The lowest BCUT2D eigenvalue weighted by atomic mass is 9.94. The van der Waals surface area contributed by atoms with Crippen molar-refractivity contribution in [2.75, 3.05) is 6.61 Å². The lowest BCUT2D eigenvalue weighted by molar-refractivity contribution is -0.384. The molecule has 25 heavy (non-hydrogen) atoms. The Morgan fingerprint density at radius 1 is 1.44 bits per heavy atom. The van der Waals surface area contributed by atoms with Crippen molar-refractivity contribution in [1.29, 1.82) is 10.5 Å². The summed E-state index contributed by atoms with van der Waals surface area (Å²) in [4.78, 5) is 14.7. The highest BCUT2D eigenvalue weighted by atomic mass is 16.8. The predicted molar refractivity (Wildman–Crippen MR) is 82.8 cm³/mol. The maximum Gasteiger partial charge on any atom is 0.293 e. The zero-order valence-electron chi connectivity index (χ0n) is 13.2. The van der Waals surface area contributed by atoms with Gasteiger partial charge < -0.3 is 15.2 Å². The molecule has 126 valence electrons. The molecule has 0 amide bonds. The van der Waals surface area contributed by atoms with Gasteiger partial charge in [0.05, 0.1) is 29.8 Å².